The van der Waals surface area contributed by atoms with E-state index in [9.17, 15) is 18.7 Å². The van der Waals surface area contributed by atoms with E-state index in [1.54, 1.807) is 13.8 Å². The zero-order valence-corrected chi connectivity index (χ0v) is 27.7. The highest BCUT2D eigenvalue weighted by atomic mass is 19.1. The van der Waals surface area contributed by atoms with Crippen LogP contribution < -0.4 is 20.2 Å². The molecule has 2 aromatic heterocycles. The average molecular weight is 689 g/mol. The molecule has 1 N–H and O–H groups in total. The number of piperazine rings is 1. The number of hydrogen-bond donors (Lipinski definition) is 1. The second-order valence-electron chi connectivity index (χ2n) is 12.5. The number of hydrogen-bond acceptors (Lipinski definition) is 10. The van der Waals surface area contributed by atoms with E-state index in [4.69, 9.17) is 14.2 Å². The van der Waals surface area contributed by atoms with Crippen molar-refractivity contribution in [2.45, 2.75) is 44.4 Å². The lowest BCUT2D eigenvalue weighted by Gasteiger charge is -2.37. The molecule has 2 aliphatic rings. The Kier molecular flexibility index (Phi) is 9.35. The summed E-state index contributed by atoms with van der Waals surface area (Å²) in [5.41, 5.74) is 2.64. The molecular weight excluding hydrogens is 650 g/mol. The Bertz CT molecular complexity index is 1940. The first kappa shape index (κ1) is 33.4. The summed E-state index contributed by atoms with van der Waals surface area (Å²) in [4.78, 5) is 21.4. The molecule has 4 atom stereocenters. The van der Waals surface area contributed by atoms with Crippen LogP contribution in [0.4, 0.5) is 20.2 Å². The Balaban J connectivity index is 0.924. The first-order chi connectivity index (χ1) is 24.2. The third kappa shape index (κ3) is 6.84. The molecule has 13 nitrogen and oxygen atoms in total. The minimum atomic E-state index is -1.52. The van der Waals surface area contributed by atoms with Crippen LogP contribution >= 0.6 is 0 Å². The second kappa shape index (κ2) is 14.0. The molecule has 0 saturated carbocycles. The van der Waals surface area contributed by atoms with Gasteiger partial charge in [0.25, 0.3) is 0 Å². The molecule has 7 rings (SSSR count). The summed E-state index contributed by atoms with van der Waals surface area (Å²) in [6.07, 6.45) is 3.11. The summed E-state index contributed by atoms with van der Waals surface area (Å²) in [7, 11) is 0. The Morgan fingerprint density at radius 1 is 0.920 bits per heavy atom. The molecule has 0 radical (unpaired) electrons. The maximum Gasteiger partial charge on any atom is 0.350 e. The van der Waals surface area contributed by atoms with Gasteiger partial charge < -0.3 is 29.1 Å². The molecule has 262 valence electrons. The van der Waals surface area contributed by atoms with Crippen LogP contribution in [0, 0.1) is 11.6 Å². The molecule has 0 aliphatic carbocycles. The van der Waals surface area contributed by atoms with Crippen LogP contribution in [0.5, 0.6) is 5.75 Å². The Labute approximate surface area is 286 Å². The zero-order valence-electron chi connectivity index (χ0n) is 27.7. The van der Waals surface area contributed by atoms with Gasteiger partial charge in [-0.2, -0.15) is 10.2 Å². The van der Waals surface area contributed by atoms with Crippen molar-refractivity contribution in [1.29, 1.82) is 0 Å². The molecule has 2 aliphatic heterocycles. The van der Waals surface area contributed by atoms with Gasteiger partial charge in [0.2, 0.25) is 5.79 Å². The standard InChI is InChI=1S/C35H38F2N8O5/c1-24(25(2)46)45-34(47)44(23-40-45)29-6-4-27(5-7-29)41-13-15-42(16-14-41)28-8-10-30(11-9-28)48-18-31-19-49-35(50-31,20-43-22-38-21-39-43)32-12-3-26(36)17-33(32)37/h3-12,17,21-25,31,46H,13-16,18-20H2,1-2H3. The summed E-state index contributed by atoms with van der Waals surface area (Å²) < 4.78 is 51.1. The highest BCUT2D eigenvalue weighted by Gasteiger charge is 2.46. The SMILES string of the molecule is CC(O)C(C)n1ncn(-c2ccc(N3CCN(c4ccc(OCC5COC(Cn6cncn6)(c6ccc(F)cc6F)O5)cc4)CC3)cc2)c1=O. The lowest BCUT2D eigenvalue weighted by atomic mass is 10.0. The number of ether oxygens (including phenoxy) is 3. The van der Waals surface area contributed by atoms with E-state index in [1.807, 2.05) is 48.5 Å². The molecular formula is C35H38F2N8O5. The number of nitrogens with zero attached hydrogens (tertiary/aromatic N) is 8. The molecule has 2 fully saturated rings. The van der Waals surface area contributed by atoms with Crippen molar-refractivity contribution < 1.29 is 28.1 Å². The van der Waals surface area contributed by atoms with Crippen molar-refractivity contribution in [2.75, 3.05) is 49.2 Å². The summed E-state index contributed by atoms with van der Waals surface area (Å²) in [6.45, 7) is 7.02. The van der Waals surface area contributed by atoms with Crippen LogP contribution in [0.2, 0.25) is 0 Å². The van der Waals surface area contributed by atoms with Gasteiger partial charge in [0.1, 0.15) is 55.6 Å². The summed E-state index contributed by atoms with van der Waals surface area (Å²) in [5.74, 6) is -2.33. The molecule has 5 aromatic rings. The molecule has 0 bridgehead atoms. The summed E-state index contributed by atoms with van der Waals surface area (Å²) >= 11 is 0. The zero-order chi connectivity index (χ0) is 34.8. The average Bonchev–Trinajstić information content (AvgIpc) is 3.88. The maximum atomic E-state index is 14.9. The predicted molar refractivity (Wildman–Crippen MR) is 179 cm³/mol. The molecule has 15 heteroatoms. The van der Waals surface area contributed by atoms with Gasteiger partial charge in [0, 0.05) is 49.2 Å². The van der Waals surface area contributed by atoms with Crippen LogP contribution in [-0.2, 0) is 21.8 Å². The van der Waals surface area contributed by atoms with Crippen LogP contribution in [0.25, 0.3) is 5.69 Å². The Morgan fingerprint density at radius 3 is 2.20 bits per heavy atom. The van der Waals surface area contributed by atoms with Crippen molar-refractivity contribution >= 4 is 11.4 Å². The Morgan fingerprint density at radius 2 is 1.58 bits per heavy atom. The third-order valence-corrected chi connectivity index (χ3v) is 9.23. The highest BCUT2D eigenvalue weighted by molar-refractivity contribution is 5.54. The van der Waals surface area contributed by atoms with Crippen LogP contribution in [0.15, 0.2) is 90.5 Å². The van der Waals surface area contributed by atoms with Gasteiger partial charge in [0.15, 0.2) is 0 Å². The van der Waals surface area contributed by atoms with E-state index < -0.39 is 35.7 Å². The van der Waals surface area contributed by atoms with Gasteiger partial charge in [0.05, 0.1) is 24.4 Å². The van der Waals surface area contributed by atoms with Gasteiger partial charge in [-0.25, -0.2) is 32.5 Å². The lowest BCUT2D eigenvalue weighted by molar-refractivity contribution is -0.192. The van der Waals surface area contributed by atoms with E-state index in [2.05, 4.69) is 25.0 Å². The molecule has 3 aromatic carbocycles. The number of benzene rings is 3. The molecule has 4 unspecified atom stereocenters. The lowest BCUT2D eigenvalue weighted by Crippen LogP contribution is -2.46. The quantitative estimate of drug-likeness (QED) is 0.221. The molecule has 0 amide bonds. The normalized spacial score (nSPS) is 20.6. The topological polar surface area (TPSA) is 125 Å². The second-order valence-corrected chi connectivity index (χ2v) is 12.5. The van der Waals surface area contributed by atoms with Crippen LogP contribution in [0.3, 0.4) is 0 Å². The van der Waals surface area contributed by atoms with Crippen molar-refractivity contribution in [3.8, 4) is 11.4 Å². The van der Waals surface area contributed by atoms with Crippen molar-refractivity contribution in [2.24, 2.45) is 0 Å². The summed E-state index contributed by atoms with van der Waals surface area (Å²) in [6, 6.07) is 18.5. The highest BCUT2D eigenvalue weighted by Crippen LogP contribution is 2.38. The first-order valence-electron chi connectivity index (χ1n) is 16.5. The fraction of sp³-hybridized carbons (Fsp3) is 0.371. The van der Waals surface area contributed by atoms with Gasteiger partial charge in [-0.05, 0) is 74.5 Å². The van der Waals surface area contributed by atoms with Crippen LogP contribution in [0.1, 0.15) is 25.5 Å². The summed E-state index contributed by atoms with van der Waals surface area (Å²) in [5, 5.41) is 18.1. The van der Waals surface area contributed by atoms with Crippen molar-refractivity contribution in [3.63, 3.8) is 0 Å². The molecule has 0 spiro atoms. The first-order valence-corrected chi connectivity index (χ1v) is 16.5. The van der Waals surface area contributed by atoms with Gasteiger partial charge in [-0.1, -0.05) is 0 Å². The van der Waals surface area contributed by atoms with Gasteiger partial charge in [-0.15, -0.1) is 0 Å². The van der Waals surface area contributed by atoms with Crippen molar-refractivity contribution in [3.05, 3.63) is 113 Å². The number of halogens is 2. The van der Waals surface area contributed by atoms with Crippen LogP contribution in [-0.4, -0.2) is 85.8 Å². The Hall–Kier alpha value is -5.12. The third-order valence-electron chi connectivity index (χ3n) is 9.23. The smallest absolute Gasteiger partial charge is 0.350 e. The largest absolute Gasteiger partial charge is 0.491 e. The fourth-order valence-electron chi connectivity index (χ4n) is 6.25. The number of aromatic nitrogens is 6. The monoisotopic (exact) mass is 688 g/mol. The molecule has 50 heavy (non-hydrogen) atoms. The number of rotatable bonds is 11. The minimum absolute atomic E-state index is 0.0259. The predicted octanol–water partition coefficient (Wildman–Crippen LogP) is 3.52. The minimum Gasteiger partial charge on any atom is -0.491 e. The maximum absolute atomic E-state index is 14.9. The van der Waals surface area contributed by atoms with Crippen molar-refractivity contribution in [1.82, 2.24) is 29.1 Å². The van der Waals surface area contributed by atoms with E-state index in [-0.39, 0.29) is 31.0 Å². The van der Waals surface area contributed by atoms with Gasteiger partial charge in [-0.3, -0.25) is 0 Å². The van der Waals surface area contributed by atoms with Gasteiger partial charge >= 0.3 is 5.69 Å². The van der Waals surface area contributed by atoms with E-state index >= 15 is 0 Å². The van der Waals surface area contributed by atoms with E-state index in [0.29, 0.717) is 11.4 Å². The molecule has 4 heterocycles. The number of aliphatic hydroxyl groups excluding tert-OH is 1. The van der Waals surface area contributed by atoms with E-state index in [1.165, 1.54) is 45.0 Å². The number of aliphatic hydroxyl groups is 1. The fourth-order valence-corrected chi connectivity index (χ4v) is 6.25. The van der Waals surface area contributed by atoms with E-state index in [0.717, 1.165) is 43.6 Å². The number of anilines is 2. The molecule has 2 saturated heterocycles.